The molecule has 3 aromatic rings. The molecule has 1 aliphatic rings. The number of nitrogens with zero attached hydrogens (tertiary/aromatic N) is 3. The fraction of sp³-hybridized carbons (Fsp3) is 0.261. The second-order valence-electron chi connectivity index (χ2n) is 7.96. The van der Waals surface area contributed by atoms with Crippen LogP contribution in [0.4, 0.5) is 16.5 Å². The number of ether oxygens (including phenoxy) is 1. The van der Waals surface area contributed by atoms with Crippen LogP contribution in [-0.4, -0.2) is 72.7 Å². The molecule has 0 spiro atoms. The maximum Gasteiger partial charge on any atom is 0.257 e. The van der Waals surface area contributed by atoms with Gasteiger partial charge >= 0.3 is 0 Å². The van der Waals surface area contributed by atoms with Crippen molar-refractivity contribution in [1.29, 1.82) is 0 Å². The number of aromatic nitrogens is 2. The quantitative estimate of drug-likeness (QED) is 0.257. The summed E-state index contributed by atoms with van der Waals surface area (Å²) >= 11 is 2.28. The first-order chi connectivity index (χ1) is 18.2. The number of morpholine rings is 1. The van der Waals surface area contributed by atoms with Crippen molar-refractivity contribution < 1.29 is 27.5 Å². The number of carbonyl (C=O) groups is 3. The molecular formula is C23H24N6O6S3. The van der Waals surface area contributed by atoms with Crippen molar-refractivity contribution in [2.75, 3.05) is 48.0 Å². The summed E-state index contributed by atoms with van der Waals surface area (Å²) in [5.74, 6) is -0.822. The van der Waals surface area contributed by atoms with Crippen molar-refractivity contribution in [2.24, 2.45) is 0 Å². The number of amides is 3. The number of hydrogen-bond donors (Lipinski definition) is 3. The normalized spacial score (nSPS) is 14.0. The van der Waals surface area contributed by atoms with Gasteiger partial charge in [0.05, 0.1) is 23.9 Å². The number of benzene rings is 2. The molecule has 15 heteroatoms. The lowest BCUT2D eigenvalue weighted by molar-refractivity contribution is -0.114. The van der Waals surface area contributed by atoms with Gasteiger partial charge in [0.15, 0.2) is 4.34 Å². The highest BCUT2D eigenvalue weighted by Gasteiger charge is 2.26. The number of thioether (sulfide) groups is 1. The Morgan fingerprint density at radius 1 is 0.947 bits per heavy atom. The molecule has 200 valence electrons. The van der Waals surface area contributed by atoms with Gasteiger partial charge in [0, 0.05) is 37.0 Å². The first kappa shape index (κ1) is 27.7. The lowest BCUT2D eigenvalue weighted by atomic mass is 10.2. The maximum absolute atomic E-state index is 12.7. The molecule has 2 aromatic carbocycles. The lowest BCUT2D eigenvalue weighted by Gasteiger charge is -2.26. The Kier molecular flexibility index (Phi) is 9.06. The highest BCUT2D eigenvalue weighted by atomic mass is 32.2. The molecule has 2 heterocycles. The van der Waals surface area contributed by atoms with Gasteiger partial charge in [-0.15, -0.1) is 10.2 Å². The van der Waals surface area contributed by atoms with Crippen LogP contribution >= 0.6 is 23.1 Å². The van der Waals surface area contributed by atoms with E-state index in [9.17, 15) is 22.8 Å². The molecule has 0 aliphatic carbocycles. The molecule has 38 heavy (non-hydrogen) atoms. The molecule has 0 saturated carbocycles. The second-order valence-corrected chi connectivity index (χ2v) is 12.1. The van der Waals surface area contributed by atoms with E-state index in [4.69, 9.17) is 4.74 Å². The number of hydrogen-bond acceptors (Lipinski definition) is 10. The molecule has 3 N–H and O–H groups in total. The zero-order valence-electron chi connectivity index (χ0n) is 20.2. The van der Waals surface area contributed by atoms with E-state index in [0.717, 1.165) is 11.3 Å². The van der Waals surface area contributed by atoms with Crippen LogP contribution in [0.5, 0.6) is 0 Å². The van der Waals surface area contributed by atoms with Crippen LogP contribution in [0.1, 0.15) is 17.3 Å². The lowest BCUT2D eigenvalue weighted by Crippen LogP contribution is -2.40. The summed E-state index contributed by atoms with van der Waals surface area (Å²) in [5.41, 5.74) is 1.47. The van der Waals surface area contributed by atoms with Crippen molar-refractivity contribution in [3.63, 3.8) is 0 Å². The molecule has 0 radical (unpaired) electrons. The fourth-order valence-corrected chi connectivity index (χ4v) is 6.32. The summed E-state index contributed by atoms with van der Waals surface area (Å²) in [7, 11) is -3.65. The molecular weight excluding hydrogens is 552 g/mol. The van der Waals surface area contributed by atoms with Gasteiger partial charge in [-0.25, -0.2) is 8.42 Å². The van der Waals surface area contributed by atoms with Gasteiger partial charge in [-0.3, -0.25) is 19.7 Å². The van der Waals surface area contributed by atoms with Gasteiger partial charge in [0.25, 0.3) is 5.91 Å². The SMILES string of the molecule is CC(=O)Nc1ccc(NC(=O)CSc2nnc(NC(=O)c3ccc(S(=O)(=O)N4CCOCC4)cc3)s2)cc1. The van der Waals surface area contributed by atoms with Gasteiger partial charge in [-0.1, -0.05) is 23.1 Å². The van der Waals surface area contributed by atoms with E-state index >= 15 is 0 Å². The Morgan fingerprint density at radius 3 is 2.21 bits per heavy atom. The third-order valence-corrected chi connectivity index (χ3v) is 9.05. The smallest absolute Gasteiger partial charge is 0.257 e. The van der Waals surface area contributed by atoms with Crippen LogP contribution in [-0.2, 0) is 24.3 Å². The number of nitrogens with one attached hydrogen (secondary N) is 3. The van der Waals surface area contributed by atoms with E-state index < -0.39 is 15.9 Å². The predicted octanol–water partition coefficient (Wildman–Crippen LogP) is 2.50. The van der Waals surface area contributed by atoms with E-state index in [1.807, 2.05) is 0 Å². The Bertz CT molecular complexity index is 1400. The summed E-state index contributed by atoms with van der Waals surface area (Å²) in [6.45, 7) is 2.69. The zero-order valence-corrected chi connectivity index (χ0v) is 22.6. The number of anilines is 3. The van der Waals surface area contributed by atoms with E-state index in [1.165, 1.54) is 47.3 Å². The number of sulfonamides is 1. The zero-order chi connectivity index (χ0) is 27.1. The average Bonchev–Trinajstić information content (AvgIpc) is 3.36. The van der Waals surface area contributed by atoms with Crippen LogP contribution in [0.15, 0.2) is 57.8 Å². The first-order valence-corrected chi connectivity index (χ1v) is 14.6. The third kappa shape index (κ3) is 7.35. The van der Waals surface area contributed by atoms with Crippen LogP contribution in [0.2, 0.25) is 0 Å². The standard InChI is InChI=1S/C23H24N6O6S3/c1-15(30)24-17-4-6-18(7-5-17)25-20(31)14-36-23-28-27-22(37-23)26-21(32)16-2-8-19(9-3-16)38(33,34)29-10-12-35-13-11-29/h2-9H,10-14H2,1H3,(H,24,30)(H,25,31)(H,26,27,32). The Hall–Kier alpha value is -3.37. The first-order valence-electron chi connectivity index (χ1n) is 11.3. The number of rotatable bonds is 9. The van der Waals surface area contributed by atoms with Crippen LogP contribution < -0.4 is 16.0 Å². The predicted molar refractivity (Wildman–Crippen MR) is 144 cm³/mol. The minimum Gasteiger partial charge on any atom is -0.379 e. The third-order valence-electron chi connectivity index (χ3n) is 5.17. The van der Waals surface area contributed by atoms with Gasteiger partial charge in [0.1, 0.15) is 0 Å². The molecule has 1 aromatic heterocycles. The highest BCUT2D eigenvalue weighted by Crippen LogP contribution is 2.26. The van der Waals surface area contributed by atoms with E-state index in [0.29, 0.717) is 28.9 Å². The molecule has 4 rings (SSSR count). The Morgan fingerprint density at radius 2 is 1.58 bits per heavy atom. The van der Waals surface area contributed by atoms with Crippen molar-refractivity contribution >= 4 is 67.3 Å². The molecule has 0 atom stereocenters. The topological polar surface area (TPSA) is 160 Å². The molecule has 0 unspecified atom stereocenters. The summed E-state index contributed by atoms with van der Waals surface area (Å²) in [6, 6.07) is 12.4. The van der Waals surface area contributed by atoms with E-state index in [2.05, 4.69) is 26.1 Å². The van der Waals surface area contributed by atoms with E-state index in [1.54, 1.807) is 24.3 Å². The highest BCUT2D eigenvalue weighted by molar-refractivity contribution is 8.01. The van der Waals surface area contributed by atoms with Crippen molar-refractivity contribution in [3.8, 4) is 0 Å². The Labute approximate surface area is 227 Å². The van der Waals surface area contributed by atoms with E-state index in [-0.39, 0.29) is 46.2 Å². The summed E-state index contributed by atoms with van der Waals surface area (Å²) in [5, 5.41) is 16.2. The largest absolute Gasteiger partial charge is 0.379 e. The molecule has 3 amide bonds. The molecule has 0 bridgehead atoms. The monoisotopic (exact) mass is 576 g/mol. The van der Waals surface area contributed by atoms with Crippen LogP contribution in [0, 0.1) is 0 Å². The summed E-state index contributed by atoms with van der Waals surface area (Å²) in [6.07, 6.45) is 0. The van der Waals surface area contributed by atoms with Crippen molar-refractivity contribution in [1.82, 2.24) is 14.5 Å². The van der Waals surface area contributed by atoms with Crippen molar-refractivity contribution in [3.05, 3.63) is 54.1 Å². The fourth-order valence-electron chi connectivity index (χ4n) is 3.37. The van der Waals surface area contributed by atoms with Crippen LogP contribution in [0.3, 0.4) is 0 Å². The molecule has 1 aliphatic heterocycles. The molecule has 12 nitrogen and oxygen atoms in total. The minimum absolute atomic E-state index is 0.0785. The van der Waals surface area contributed by atoms with Crippen LogP contribution in [0.25, 0.3) is 0 Å². The van der Waals surface area contributed by atoms with Crippen molar-refractivity contribution in [2.45, 2.75) is 16.2 Å². The minimum atomic E-state index is -3.65. The molecule has 1 saturated heterocycles. The summed E-state index contributed by atoms with van der Waals surface area (Å²) in [4.78, 5) is 36.0. The summed E-state index contributed by atoms with van der Waals surface area (Å²) < 4.78 is 32.5. The Balaban J connectivity index is 1.27. The molecule has 1 fully saturated rings. The number of carbonyl (C=O) groups excluding carboxylic acids is 3. The van der Waals surface area contributed by atoms with Gasteiger partial charge < -0.3 is 15.4 Å². The van der Waals surface area contributed by atoms with Gasteiger partial charge in [-0.05, 0) is 48.5 Å². The van der Waals surface area contributed by atoms with Gasteiger partial charge in [0.2, 0.25) is 27.0 Å². The second kappa shape index (κ2) is 12.4. The maximum atomic E-state index is 12.7. The average molecular weight is 577 g/mol. The van der Waals surface area contributed by atoms with Gasteiger partial charge in [-0.2, -0.15) is 4.31 Å².